The predicted octanol–water partition coefficient (Wildman–Crippen LogP) is 6.53. The highest BCUT2D eigenvalue weighted by Gasteiger charge is 2.35. The van der Waals surface area contributed by atoms with Crippen LogP contribution in [0.1, 0.15) is 94.2 Å². The van der Waals surface area contributed by atoms with Crippen molar-refractivity contribution in [3.05, 3.63) is 87.7 Å². The van der Waals surface area contributed by atoms with E-state index in [4.69, 9.17) is 33.3 Å². The zero-order valence-corrected chi connectivity index (χ0v) is 33.6. The zero-order valence-electron chi connectivity index (χ0n) is 33.6. The highest BCUT2D eigenvalue weighted by Crippen LogP contribution is 2.34. The molecule has 57 heavy (non-hydrogen) atoms. The molecule has 2 aliphatic rings. The lowest BCUT2D eigenvalue weighted by Crippen LogP contribution is -2.50. The topological polar surface area (TPSA) is 151 Å². The molecule has 3 aromatic carbocycles. The summed E-state index contributed by atoms with van der Waals surface area (Å²) in [5, 5.41) is 4.37. The van der Waals surface area contributed by atoms with Crippen LogP contribution in [0.5, 0.6) is 11.5 Å². The molecule has 0 radical (unpaired) electrons. The number of halogens is 1. The summed E-state index contributed by atoms with van der Waals surface area (Å²) in [6.07, 6.45) is 0.861. The SMILES string of the molecule is COCOc1ccc(N2CCCC2)c(F)c1C(=O)c1ccc(C(=O)O[C@@H]2CCCN(OC(=O)OC(C)(C)C)C[C@H]2NC(=O)c2cc(C)c(OCOC)c(C)c2)cc1. The van der Waals surface area contributed by atoms with Gasteiger partial charge in [0.25, 0.3) is 5.91 Å². The van der Waals surface area contributed by atoms with Crippen LogP contribution in [0.4, 0.5) is 14.9 Å². The molecular weight excluding hydrogens is 741 g/mol. The fraction of sp³-hybridized carbons (Fsp3) is 0.476. The zero-order chi connectivity index (χ0) is 41.3. The molecule has 0 saturated carbocycles. The molecule has 308 valence electrons. The fourth-order valence-corrected chi connectivity index (χ4v) is 6.82. The lowest BCUT2D eigenvalue weighted by molar-refractivity contribution is -0.144. The number of hydrogen-bond donors (Lipinski definition) is 1. The minimum Gasteiger partial charge on any atom is -0.467 e. The third kappa shape index (κ3) is 11.2. The van der Waals surface area contributed by atoms with E-state index in [1.807, 2.05) is 18.7 Å². The number of hydrogen-bond acceptors (Lipinski definition) is 13. The number of ether oxygens (including phenoxy) is 6. The summed E-state index contributed by atoms with van der Waals surface area (Å²) in [6, 6.07) is 11.4. The van der Waals surface area contributed by atoms with Gasteiger partial charge in [0, 0.05) is 45.0 Å². The monoisotopic (exact) mass is 793 g/mol. The van der Waals surface area contributed by atoms with Gasteiger partial charge in [-0.15, -0.1) is 5.06 Å². The van der Waals surface area contributed by atoms with Gasteiger partial charge < -0.3 is 43.5 Å². The van der Waals surface area contributed by atoms with Crippen molar-refractivity contribution in [2.75, 3.05) is 58.9 Å². The molecule has 5 rings (SSSR count). The highest BCUT2D eigenvalue weighted by atomic mass is 19.1. The molecule has 1 amide bonds. The second-order valence-corrected chi connectivity index (χ2v) is 15.0. The van der Waals surface area contributed by atoms with Gasteiger partial charge in [0.1, 0.15) is 28.8 Å². The van der Waals surface area contributed by atoms with Gasteiger partial charge in [0.2, 0.25) is 0 Å². The van der Waals surface area contributed by atoms with Gasteiger partial charge in [-0.3, -0.25) is 9.59 Å². The molecule has 0 spiro atoms. The van der Waals surface area contributed by atoms with Crippen LogP contribution in [0.2, 0.25) is 0 Å². The third-order valence-corrected chi connectivity index (χ3v) is 9.43. The van der Waals surface area contributed by atoms with E-state index < -0.39 is 47.4 Å². The van der Waals surface area contributed by atoms with Crippen molar-refractivity contribution in [2.24, 2.45) is 0 Å². The van der Waals surface area contributed by atoms with E-state index in [0.29, 0.717) is 42.9 Å². The number of rotatable bonds is 14. The predicted molar refractivity (Wildman–Crippen MR) is 207 cm³/mol. The number of amides is 1. The number of aryl methyl sites for hydroxylation is 2. The molecule has 14 nitrogen and oxygen atoms in total. The highest BCUT2D eigenvalue weighted by molar-refractivity contribution is 6.11. The normalized spacial score (nSPS) is 17.4. The van der Waals surface area contributed by atoms with E-state index in [1.165, 1.54) is 43.5 Å². The van der Waals surface area contributed by atoms with Crippen molar-refractivity contribution in [1.29, 1.82) is 0 Å². The number of esters is 1. The molecule has 0 unspecified atom stereocenters. The lowest BCUT2D eigenvalue weighted by Gasteiger charge is -2.29. The number of carbonyl (C=O) groups is 4. The minimum absolute atomic E-state index is 0.0150. The average molecular weight is 794 g/mol. The first-order valence-corrected chi connectivity index (χ1v) is 18.9. The van der Waals surface area contributed by atoms with Crippen molar-refractivity contribution < 1.29 is 56.8 Å². The molecule has 2 fully saturated rings. The first-order valence-electron chi connectivity index (χ1n) is 18.9. The van der Waals surface area contributed by atoms with Crippen LogP contribution in [0.25, 0.3) is 0 Å². The van der Waals surface area contributed by atoms with E-state index in [-0.39, 0.29) is 49.1 Å². The summed E-state index contributed by atoms with van der Waals surface area (Å²) in [6.45, 7) is 10.3. The summed E-state index contributed by atoms with van der Waals surface area (Å²) in [5.41, 5.74) is 1.34. The van der Waals surface area contributed by atoms with Gasteiger partial charge in [-0.1, -0.05) is 12.1 Å². The van der Waals surface area contributed by atoms with Crippen LogP contribution in [0.15, 0.2) is 48.5 Å². The van der Waals surface area contributed by atoms with Crippen molar-refractivity contribution in [3.63, 3.8) is 0 Å². The number of carbonyl (C=O) groups excluding carboxylic acids is 4. The Kier molecular flexibility index (Phi) is 14.5. The maximum atomic E-state index is 16.0. The second kappa shape index (κ2) is 19.3. The molecule has 0 bridgehead atoms. The molecule has 15 heteroatoms. The molecule has 2 saturated heterocycles. The van der Waals surface area contributed by atoms with E-state index in [0.717, 1.165) is 24.0 Å². The molecule has 1 N–H and O–H groups in total. The smallest absolute Gasteiger partial charge is 0.467 e. The van der Waals surface area contributed by atoms with Crippen molar-refractivity contribution in [1.82, 2.24) is 10.4 Å². The Balaban J connectivity index is 1.36. The standard InChI is InChI=1S/C42H52FN3O11/c1-26-21-30(22-27(2)38(26)54-25-52-7)39(48)44-31-23-46(57-41(50)56-42(3,4)5)20-10-11-33(31)55-40(49)29-14-12-28(13-15-29)37(47)35-34(53-24-51-6)17-16-32(36(35)43)45-18-8-9-19-45/h12-17,21-22,31,33H,8-11,18-20,23-25H2,1-7H3,(H,44,48)/t31-,33-/m1/s1. The number of methoxy groups -OCH3 is 2. The Morgan fingerprint density at radius 1 is 0.825 bits per heavy atom. The van der Waals surface area contributed by atoms with Crippen LogP contribution >= 0.6 is 0 Å². The Morgan fingerprint density at radius 3 is 2.09 bits per heavy atom. The summed E-state index contributed by atoms with van der Waals surface area (Å²) in [7, 11) is 2.94. The molecule has 2 atom stereocenters. The van der Waals surface area contributed by atoms with Crippen LogP contribution in [-0.4, -0.2) is 101 Å². The van der Waals surface area contributed by atoms with Crippen LogP contribution in [0.3, 0.4) is 0 Å². The molecule has 3 aromatic rings. The number of nitrogens with zero attached hydrogens (tertiary/aromatic N) is 2. The van der Waals surface area contributed by atoms with E-state index >= 15 is 4.39 Å². The van der Waals surface area contributed by atoms with Gasteiger partial charge in [0.05, 0.1) is 23.8 Å². The van der Waals surface area contributed by atoms with Gasteiger partial charge in [0.15, 0.2) is 25.2 Å². The summed E-state index contributed by atoms with van der Waals surface area (Å²) < 4.78 is 48.7. The largest absolute Gasteiger partial charge is 0.528 e. The summed E-state index contributed by atoms with van der Waals surface area (Å²) in [5.74, 6) is -1.83. The summed E-state index contributed by atoms with van der Waals surface area (Å²) in [4.78, 5) is 61.2. The first-order chi connectivity index (χ1) is 27.2. The number of benzene rings is 3. The third-order valence-electron chi connectivity index (χ3n) is 9.43. The molecular formula is C42H52FN3O11. The first kappa shape index (κ1) is 42.9. The number of hydroxylamine groups is 2. The Labute approximate surface area is 332 Å². The van der Waals surface area contributed by atoms with Crippen molar-refractivity contribution in [2.45, 2.75) is 78.0 Å². The second-order valence-electron chi connectivity index (χ2n) is 15.0. The Bertz CT molecular complexity index is 1880. The van der Waals surface area contributed by atoms with Gasteiger partial charge in [-0.25, -0.2) is 14.0 Å². The molecule has 0 aromatic heterocycles. The van der Waals surface area contributed by atoms with Crippen molar-refractivity contribution >= 4 is 29.5 Å². The number of anilines is 1. The quantitative estimate of drug-likeness (QED) is 0.107. The molecule has 0 aliphatic carbocycles. The average Bonchev–Trinajstić information content (AvgIpc) is 3.63. The van der Waals surface area contributed by atoms with Crippen molar-refractivity contribution in [3.8, 4) is 11.5 Å². The van der Waals surface area contributed by atoms with Crippen LogP contribution < -0.4 is 19.7 Å². The number of ketones is 1. The summed E-state index contributed by atoms with van der Waals surface area (Å²) >= 11 is 0. The van der Waals surface area contributed by atoms with Crippen LogP contribution in [0, 0.1) is 19.7 Å². The fourth-order valence-electron chi connectivity index (χ4n) is 6.82. The van der Waals surface area contributed by atoms with E-state index in [1.54, 1.807) is 45.0 Å². The molecule has 2 aliphatic heterocycles. The van der Waals surface area contributed by atoms with Crippen LogP contribution in [-0.2, 0) is 23.8 Å². The molecule has 2 heterocycles. The van der Waals surface area contributed by atoms with E-state index in [2.05, 4.69) is 5.32 Å². The lowest BCUT2D eigenvalue weighted by atomic mass is 9.99. The minimum atomic E-state index is -0.907. The maximum Gasteiger partial charge on any atom is 0.528 e. The number of nitrogens with one attached hydrogen (secondary N) is 1. The van der Waals surface area contributed by atoms with E-state index in [9.17, 15) is 19.2 Å². The van der Waals surface area contributed by atoms with Gasteiger partial charge >= 0.3 is 12.1 Å². The Hall–Kier alpha value is -5.25. The van der Waals surface area contributed by atoms with Gasteiger partial charge in [-0.2, -0.15) is 0 Å². The Morgan fingerprint density at radius 2 is 1.46 bits per heavy atom. The maximum absolute atomic E-state index is 16.0. The van der Waals surface area contributed by atoms with Gasteiger partial charge in [-0.05, 0) is 108 Å².